The first-order valence-corrected chi connectivity index (χ1v) is 6.47. The molecule has 0 saturated carbocycles. The number of hydrogen-bond acceptors (Lipinski definition) is 3. The van der Waals surface area contributed by atoms with E-state index < -0.39 is 5.82 Å². The van der Waals surface area contributed by atoms with Gasteiger partial charge in [0, 0.05) is 16.8 Å². The van der Waals surface area contributed by atoms with E-state index in [1.165, 1.54) is 19.2 Å². The molecule has 1 unspecified atom stereocenters. The van der Waals surface area contributed by atoms with E-state index in [1.54, 1.807) is 24.3 Å². The van der Waals surface area contributed by atoms with E-state index in [0.717, 1.165) is 5.56 Å². The Labute approximate surface area is 122 Å². The summed E-state index contributed by atoms with van der Waals surface area (Å²) in [6.07, 6.45) is 0. The molecule has 3 nitrogen and oxygen atoms in total. The largest absolute Gasteiger partial charge is 0.504 e. The molecule has 20 heavy (non-hydrogen) atoms. The molecule has 0 radical (unpaired) electrons. The summed E-state index contributed by atoms with van der Waals surface area (Å²) in [7, 11) is 1.49. The van der Waals surface area contributed by atoms with E-state index in [0.29, 0.717) is 16.5 Å². The third kappa shape index (κ3) is 3.33. The maximum absolute atomic E-state index is 13.3. The van der Waals surface area contributed by atoms with Crippen molar-refractivity contribution in [1.29, 1.82) is 0 Å². The number of hydrogen-bond donors (Lipinski definition) is 2. The van der Waals surface area contributed by atoms with Gasteiger partial charge in [-0.15, -0.1) is 0 Å². The number of phenolic OH excluding ortho intramolecular Hbond substituents is 1. The fourth-order valence-electron chi connectivity index (χ4n) is 1.93. The van der Waals surface area contributed by atoms with Crippen molar-refractivity contribution in [2.24, 2.45) is 0 Å². The lowest BCUT2D eigenvalue weighted by Crippen LogP contribution is -2.07. The normalized spacial score (nSPS) is 12.0. The second-order valence-corrected chi connectivity index (χ2v) is 4.89. The minimum atomic E-state index is -0.393. The van der Waals surface area contributed by atoms with Gasteiger partial charge >= 0.3 is 0 Å². The van der Waals surface area contributed by atoms with Gasteiger partial charge < -0.3 is 15.2 Å². The summed E-state index contributed by atoms with van der Waals surface area (Å²) in [5, 5.41) is 13.1. The van der Waals surface area contributed by atoms with Gasteiger partial charge in [0.15, 0.2) is 11.5 Å². The van der Waals surface area contributed by atoms with E-state index in [1.807, 2.05) is 6.92 Å². The zero-order chi connectivity index (χ0) is 14.7. The summed E-state index contributed by atoms with van der Waals surface area (Å²) in [6.45, 7) is 1.92. The Morgan fingerprint density at radius 1 is 1.25 bits per heavy atom. The number of aromatic hydroxyl groups is 1. The standard InChI is InChI=1S/C15H15ClFNO2/c1-9(10-3-4-14(19)15(5-10)20-2)18-13-7-11(16)6-12(17)8-13/h3-9,18-19H,1-2H3. The fraction of sp³-hybridized carbons (Fsp3) is 0.200. The molecule has 2 aromatic carbocycles. The van der Waals surface area contributed by atoms with Crippen LogP contribution < -0.4 is 10.1 Å². The summed E-state index contributed by atoms with van der Waals surface area (Å²) < 4.78 is 18.3. The van der Waals surface area contributed by atoms with Crippen molar-refractivity contribution in [3.63, 3.8) is 0 Å². The average molecular weight is 296 g/mol. The van der Waals surface area contributed by atoms with Crippen LogP contribution in [0.3, 0.4) is 0 Å². The van der Waals surface area contributed by atoms with Gasteiger partial charge in [-0.05, 0) is 42.8 Å². The topological polar surface area (TPSA) is 41.5 Å². The summed E-state index contributed by atoms with van der Waals surface area (Å²) in [4.78, 5) is 0. The molecule has 0 spiro atoms. The Hall–Kier alpha value is -1.94. The van der Waals surface area contributed by atoms with Crippen LogP contribution in [0.1, 0.15) is 18.5 Å². The van der Waals surface area contributed by atoms with E-state index in [9.17, 15) is 9.50 Å². The van der Waals surface area contributed by atoms with E-state index in [4.69, 9.17) is 16.3 Å². The SMILES string of the molecule is COc1cc(C(C)Nc2cc(F)cc(Cl)c2)ccc1O. The third-order valence-corrected chi connectivity index (χ3v) is 3.17. The highest BCUT2D eigenvalue weighted by Crippen LogP contribution is 2.30. The third-order valence-electron chi connectivity index (χ3n) is 2.95. The Balaban J connectivity index is 2.21. The monoisotopic (exact) mass is 295 g/mol. The molecule has 0 heterocycles. The Morgan fingerprint density at radius 2 is 2.00 bits per heavy atom. The zero-order valence-electron chi connectivity index (χ0n) is 11.2. The molecule has 0 amide bonds. The molecule has 0 aromatic heterocycles. The van der Waals surface area contributed by atoms with Crippen LogP contribution in [0, 0.1) is 5.82 Å². The molecule has 0 aliphatic heterocycles. The van der Waals surface area contributed by atoms with Crippen molar-refractivity contribution in [3.8, 4) is 11.5 Å². The van der Waals surface area contributed by atoms with Gasteiger partial charge in [0.25, 0.3) is 0 Å². The Morgan fingerprint density at radius 3 is 2.65 bits per heavy atom. The van der Waals surface area contributed by atoms with Crippen LogP contribution in [0.25, 0.3) is 0 Å². The molecule has 2 aromatic rings. The maximum Gasteiger partial charge on any atom is 0.160 e. The molecule has 0 saturated heterocycles. The maximum atomic E-state index is 13.3. The molecule has 0 aliphatic rings. The molecule has 0 bridgehead atoms. The number of methoxy groups -OCH3 is 1. The highest BCUT2D eigenvalue weighted by Gasteiger charge is 2.10. The van der Waals surface area contributed by atoms with E-state index in [2.05, 4.69) is 5.32 Å². The number of phenols is 1. The lowest BCUT2D eigenvalue weighted by molar-refractivity contribution is 0.373. The minimum absolute atomic E-state index is 0.0808. The first-order valence-electron chi connectivity index (χ1n) is 6.09. The van der Waals surface area contributed by atoms with Crippen LogP contribution in [-0.2, 0) is 0 Å². The lowest BCUT2D eigenvalue weighted by atomic mass is 10.1. The van der Waals surface area contributed by atoms with Crippen molar-refractivity contribution >= 4 is 17.3 Å². The molecular weight excluding hydrogens is 281 g/mol. The van der Waals surface area contributed by atoms with Crippen LogP contribution in [-0.4, -0.2) is 12.2 Å². The molecule has 0 fully saturated rings. The lowest BCUT2D eigenvalue weighted by Gasteiger charge is -2.17. The molecule has 0 aliphatic carbocycles. The van der Waals surface area contributed by atoms with Crippen LogP contribution in [0.2, 0.25) is 5.02 Å². The molecule has 106 valence electrons. The number of rotatable bonds is 4. The van der Waals surface area contributed by atoms with Crippen LogP contribution in [0.5, 0.6) is 11.5 Å². The van der Waals surface area contributed by atoms with Gasteiger partial charge in [-0.2, -0.15) is 0 Å². The molecule has 5 heteroatoms. The number of anilines is 1. The first kappa shape index (κ1) is 14.5. The number of ether oxygens (including phenoxy) is 1. The van der Waals surface area contributed by atoms with Gasteiger partial charge in [-0.25, -0.2) is 4.39 Å². The summed E-state index contributed by atoms with van der Waals surface area (Å²) in [6, 6.07) is 9.25. The summed E-state index contributed by atoms with van der Waals surface area (Å²) in [5.41, 5.74) is 1.49. The van der Waals surface area contributed by atoms with Gasteiger partial charge in [-0.3, -0.25) is 0 Å². The fourth-order valence-corrected chi connectivity index (χ4v) is 2.16. The Kier molecular flexibility index (Phi) is 4.35. The molecule has 2 N–H and O–H groups in total. The zero-order valence-corrected chi connectivity index (χ0v) is 11.9. The van der Waals surface area contributed by atoms with Crippen LogP contribution >= 0.6 is 11.6 Å². The molecule has 2 rings (SSSR count). The smallest absolute Gasteiger partial charge is 0.160 e. The van der Waals surface area contributed by atoms with Gasteiger partial charge in [0.2, 0.25) is 0 Å². The highest BCUT2D eigenvalue weighted by molar-refractivity contribution is 6.30. The van der Waals surface area contributed by atoms with Gasteiger partial charge in [-0.1, -0.05) is 17.7 Å². The van der Waals surface area contributed by atoms with Crippen molar-refractivity contribution in [2.75, 3.05) is 12.4 Å². The van der Waals surface area contributed by atoms with E-state index in [-0.39, 0.29) is 11.8 Å². The van der Waals surface area contributed by atoms with E-state index >= 15 is 0 Å². The van der Waals surface area contributed by atoms with Crippen molar-refractivity contribution < 1.29 is 14.2 Å². The van der Waals surface area contributed by atoms with Gasteiger partial charge in [0.1, 0.15) is 5.82 Å². The van der Waals surface area contributed by atoms with Crippen LogP contribution in [0.4, 0.5) is 10.1 Å². The van der Waals surface area contributed by atoms with Crippen molar-refractivity contribution in [1.82, 2.24) is 0 Å². The predicted octanol–water partition coefficient (Wildman–Crippen LogP) is 4.37. The summed E-state index contributed by atoms with van der Waals surface area (Å²) >= 11 is 5.81. The van der Waals surface area contributed by atoms with Gasteiger partial charge in [0.05, 0.1) is 7.11 Å². The quantitative estimate of drug-likeness (QED) is 0.880. The second-order valence-electron chi connectivity index (χ2n) is 4.46. The number of benzene rings is 2. The summed E-state index contributed by atoms with van der Waals surface area (Å²) in [5.74, 6) is 0.0844. The number of nitrogens with one attached hydrogen (secondary N) is 1. The second kappa shape index (κ2) is 6.01. The molecular formula is C15H15ClFNO2. The van der Waals surface area contributed by atoms with Crippen molar-refractivity contribution in [2.45, 2.75) is 13.0 Å². The average Bonchev–Trinajstić information content (AvgIpc) is 2.37. The predicted molar refractivity (Wildman–Crippen MR) is 78.1 cm³/mol. The van der Waals surface area contributed by atoms with Crippen LogP contribution in [0.15, 0.2) is 36.4 Å². The minimum Gasteiger partial charge on any atom is -0.504 e. The molecule has 1 atom stereocenters. The number of halogens is 2. The highest BCUT2D eigenvalue weighted by atomic mass is 35.5. The Bertz CT molecular complexity index is 599. The van der Waals surface area contributed by atoms with Crippen molar-refractivity contribution in [3.05, 3.63) is 52.8 Å². The first-order chi connectivity index (χ1) is 9.49.